The highest BCUT2D eigenvalue weighted by Gasteiger charge is 2.37. The molecule has 0 aromatic carbocycles. The van der Waals surface area contributed by atoms with Crippen LogP contribution in [0.15, 0.2) is 6.20 Å². The molecule has 0 spiro atoms. The van der Waals surface area contributed by atoms with Crippen LogP contribution in [-0.4, -0.2) is 29.1 Å². The Morgan fingerprint density at radius 1 is 1.35 bits per heavy atom. The Morgan fingerprint density at radius 2 is 2.20 bits per heavy atom. The maximum atomic E-state index is 14.1. The van der Waals surface area contributed by atoms with Crippen LogP contribution in [0.4, 0.5) is 16.2 Å². The summed E-state index contributed by atoms with van der Waals surface area (Å²) in [6.07, 6.45) is 8.52. The molecule has 1 N–H and O–H groups in total. The summed E-state index contributed by atoms with van der Waals surface area (Å²) in [5.41, 5.74) is 0. The number of hydrogen-bond donors (Lipinski definition) is 1. The number of rotatable bonds is 4. The summed E-state index contributed by atoms with van der Waals surface area (Å²) in [5, 5.41) is 3.14. The van der Waals surface area contributed by atoms with E-state index in [0.717, 1.165) is 25.4 Å². The van der Waals surface area contributed by atoms with E-state index in [1.54, 1.807) is 0 Å². The van der Waals surface area contributed by atoms with Crippen LogP contribution in [0.5, 0.6) is 0 Å². The Bertz CT molecular complexity index is 465. The molecule has 2 fully saturated rings. The zero-order valence-corrected chi connectivity index (χ0v) is 12.1. The SMILES string of the molecule is CCCNc1ncc(F)c(N2CCC3CCCCC32)n1. The molecule has 1 saturated heterocycles. The van der Waals surface area contributed by atoms with Crippen LogP contribution in [-0.2, 0) is 0 Å². The van der Waals surface area contributed by atoms with Crippen molar-refractivity contribution in [3.63, 3.8) is 0 Å². The number of aromatic nitrogens is 2. The minimum absolute atomic E-state index is 0.293. The molecule has 1 aromatic rings. The summed E-state index contributed by atoms with van der Waals surface area (Å²) >= 11 is 0. The molecule has 2 atom stereocenters. The number of halogens is 1. The maximum absolute atomic E-state index is 14.1. The van der Waals surface area contributed by atoms with E-state index in [4.69, 9.17) is 0 Å². The van der Waals surface area contributed by atoms with Gasteiger partial charge in [0.05, 0.1) is 6.20 Å². The van der Waals surface area contributed by atoms with E-state index in [1.807, 2.05) is 0 Å². The predicted molar refractivity (Wildman–Crippen MR) is 78.5 cm³/mol. The van der Waals surface area contributed by atoms with Crippen molar-refractivity contribution in [3.8, 4) is 0 Å². The van der Waals surface area contributed by atoms with Crippen molar-refractivity contribution in [3.05, 3.63) is 12.0 Å². The lowest BCUT2D eigenvalue weighted by atomic mass is 9.85. The molecule has 0 radical (unpaired) electrons. The fraction of sp³-hybridized carbons (Fsp3) is 0.733. The van der Waals surface area contributed by atoms with Gasteiger partial charge in [-0.15, -0.1) is 0 Å². The van der Waals surface area contributed by atoms with E-state index in [0.29, 0.717) is 17.8 Å². The van der Waals surface area contributed by atoms with Crippen molar-refractivity contribution in [2.75, 3.05) is 23.3 Å². The third kappa shape index (κ3) is 2.58. The van der Waals surface area contributed by atoms with Gasteiger partial charge in [-0.1, -0.05) is 19.8 Å². The van der Waals surface area contributed by atoms with E-state index in [9.17, 15) is 4.39 Å². The van der Waals surface area contributed by atoms with Crippen LogP contribution in [0.25, 0.3) is 0 Å². The van der Waals surface area contributed by atoms with Crippen LogP contribution in [0.2, 0.25) is 0 Å². The van der Waals surface area contributed by atoms with Crippen LogP contribution in [0.1, 0.15) is 45.4 Å². The van der Waals surface area contributed by atoms with E-state index in [2.05, 4.69) is 27.1 Å². The second-order valence-corrected chi connectivity index (χ2v) is 5.89. The van der Waals surface area contributed by atoms with Crippen molar-refractivity contribution in [2.45, 2.75) is 51.5 Å². The highest BCUT2D eigenvalue weighted by molar-refractivity contribution is 5.46. The first-order chi connectivity index (χ1) is 9.79. The second kappa shape index (κ2) is 5.94. The van der Waals surface area contributed by atoms with Crippen LogP contribution in [0, 0.1) is 11.7 Å². The van der Waals surface area contributed by atoms with Crippen LogP contribution < -0.4 is 10.2 Å². The zero-order valence-electron chi connectivity index (χ0n) is 12.1. The molecule has 1 aliphatic carbocycles. The molecule has 5 heteroatoms. The van der Waals surface area contributed by atoms with Gasteiger partial charge in [0.25, 0.3) is 0 Å². The minimum atomic E-state index is -0.293. The van der Waals surface area contributed by atoms with Crippen LogP contribution in [0.3, 0.4) is 0 Å². The van der Waals surface area contributed by atoms with Gasteiger partial charge in [0, 0.05) is 19.1 Å². The molecule has 1 aliphatic heterocycles. The highest BCUT2D eigenvalue weighted by atomic mass is 19.1. The topological polar surface area (TPSA) is 41.1 Å². The first-order valence-corrected chi connectivity index (χ1v) is 7.82. The standard InChI is InChI=1S/C15H23FN4/c1-2-8-17-15-18-10-12(16)14(19-15)20-9-7-11-5-3-4-6-13(11)20/h10-11,13H,2-9H2,1H3,(H,17,18,19). The normalized spacial score (nSPS) is 25.6. The number of nitrogens with one attached hydrogen (secondary N) is 1. The average molecular weight is 278 g/mol. The molecule has 3 rings (SSSR count). The van der Waals surface area contributed by atoms with E-state index in [1.165, 1.54) is 38.3 Å². The molecule has 20 heavy (non-hydrogen) atoms. The monoisotopic (exact) mass is 278 g/mol. The molecular formula is C15H23FN4. The Kier molecular flexibility index (Phi) is 4.03. The van der Waals surface area contributed by atoms with Gasteiger partial charge in [-0.25, -0.2) is 9.37 Å². The van der Waals surface area contributed by atoms with Gasteiger partial charge in [0.15, 0.2) is 11.6 Å². The highest BCUT2D eigenvalue weighted by Crippen LogP contribution is 2.38. The zero-order chi connectivity index (χ0) is 13.9. The molecular weight excluding hydrogens is 255 g/mol. The lowest BCUT2D eigenvalue weighted by Crippen LogP contribution is -2.36. The first-order valence-electron chi connectivity index (χ1n) is 7.82. The van der Waals surface area contributed by atoms with Gasteiger partial charge in [-0.05, 0) is 31.6 Å². The Hall–Kier alpha value is -1.39. The largest absolute Gasteiger partial charge is 0.354 e. The predicted octanol–water partition coefficient (Wildman–Crippen LogP) is 3.21. The molecule has 0 amide bonds. The maximum Gasteiger partial charge on any atom is 0.224 e. The Morgan fingerprint density at radius 3 is 3.05 bits per heavy atom. The third-order valence-electron chi connectivity index (χ3n) is 4.54. The van der Waals surface area contributed by atoms with Gasteiger partial charge in [-0.3, -0.25) is 0 Å². The molecule has 110 valence electrons. The average Bonchev–Trinajstić information content (AvgIpc) is 2.90. The fourth-order valence-corrected chi connectivity index (χ4v) is 3.55. The summed E-state index contributed by atoms with van der Waals surface area (Å²) in [7, 11) is 0. The molecule has 2 heterocycles. The van der Waals surface area contributed by atoms with Gasteiger partial charge >= 0.3 is 0 Å². The first kappa shape index (κ1) is 13.6. The minimum Gasteiger partial charge on any atom is -0.354 e. The Labute approximate surface area is 119 Å². The van der Waals surface area contributed by atoms with E-state index < -0.39 is 0 Å². The van der Waals surface area contributed by atoms with Crippen molar-refractivity contribution >= 4 is 11.8 Å². The smallest absolute Gasteiger partial charge is 0.224 e. The van der Waals surface area contributed by atoms with Crippen LogP contribution >= 0.6 is 0 Å². The van der Waals surface area contributed by atoms with Gasteiger partial charge in [0.2, 0.25) is 5.95 Å². The molecule has 2 aliphatic rings. The molecule has 4 nitrogen and oxygen atoms in total. The molecule has 1 saturated carbocycles. The number of fused-ring (bicyclic) bond motifs is 1. The lowest BCUT2D eigenvalue weighted by molar-refractivity contribution is 0.340. The number of nitrogens with zero attached hydrogens (tertiary/aromatic N) is 3. The molecule has 0 bridgehead atoms. The quantitative estimate of drug-likeness (QED) is 0.918. The van der Waals surface area contributed by atoms with Crippen molar-refractivity contribution in [2.24, 2.45) is 5.92 Å². The third-order valence-corrected chi connectivity index (χ3v) is 4.54. The van der Waals surface area contributed by atoms with Crippen molar-refractivity contribution in [1.82, 2.24) is 9.97 Å². The Balaban J connectivity index is 1.81. The summed E-state index contributed by atoms with van der Waals surface area (Å²) in [4.78, 5) is 10.6. The van der Waals surface area contributed by atoms with Crippen molar-refractivity contribution in [1.29, 1.82) is 0 Å². The van der Waals surface area contributed by atoms with Gasteiger partial charge in [0.1, 0.15) is 0 Å². The summed E-state index contributed by atoms with van der Waals surface area (Å²) in [6, 6.07) is 0.479. The van der Waals surface area contributed by atoms with E-state index >= 15 is 0 Å². The summed E-state index contributed by atoms with van der Waals surface area (Å²) in [6.45, 7) is 3.83. The number of anilines is 2. The molecule has 1 aromatic heterocycles. The summed E-state index contributed by atoms with van der Waals surface area (Å²) < 4.78 is 14.1. The fourth-order valence-electron chi connectivity index (χ4n) is 3.55. The van der Waals surface area contributed by atoms with Crippen molar-refractivity contribution < 1.29 is 4.39 Å². The molecule has 2 unspecified atom stereocenters. The van der Waals surface area contributed by atoms with Gasteiger partial charge in [-0.2, -0.15) is 4.98 Å². The lowest BCUT2D eigenvalue weighted by Gasteiger charge is -2.32. The van der Waals surface area contributed by atoms with E-state index in [-0.39, 0.29) is 5.82 Å². The second-order valence-electron chi connectivity index (χ2n) is 5.89. The number of hydrogen-bond acceptors (Lipinski definition) is 4. The summed E-state index contributed by atoms with van der Waals surface area (Å²) in [5.74, 6) is 1.47. The van der Waals surface area contributed by atoms with Gasteiger partial charge < -0.3 is 10.2 Å².